The summed E-state index contributed by atoms with van der Waals surface area (Å²) in [6, 6.07) is 15.2. The Bertz CT molecular complexity index is 865. The highest BCUT2D eigenvalue weighted by atomic mass is 79.9. The Hall–Kier alpha value is -2.40. The first-order chi connectivity index (χ1) is 10.1. The second-order valence-corrected chi connectivity index (χ2v) is 5.24. The molecule has 0 N–H and O–H groups in total. The number of para-hydroxylation sites is 1. The van der Waals surface area contributed by atoms with Crippen molar-refractivity contribution < 1.29 is 13.9 Å². The summed E-state index contributed by atoms with van der Waals surface area (Å²) >= 11 is 3.29. The minimum absolute atomic E-state index is 0.128. The summed E-state index contributed by atoms with van der Waals surface area (Å²) in [6.07, 6.45) is 0. The van der Waals surface area contributed by atoms with Crippen LogP contribution in [-0.4, -0.2) is 5.97 Å². The number of carbonyl (C=O) groups is 1. The predicted octanol–water partition coefficient (Wildman–Crippen LogP) is 3.77. The Morgan fingerprint density at radius 3 is 2.52 bits per heavy atom. The molecule has 0 saturated carbocycles. The Labute approximate surface area is 128 Å². The molecule has 104 valence electrons. The quantitative estimate of drug-likeness (QED) is 0.403. The van der Waals surface area contributed by atoms with E-state index in [4.69, 9.17) is 9.15 Å². The van der Waals surface area contributed by atoms with Crippen LogP contribution in [0.1, 0.15) is 10.4 Å². The number of ether oxygens (including phenoxy) is 1. The summed E-state index contributed by atoms with van der Waals surface area (Å²) in [5.41, 5.74) is -0.407. The van der Waals surface area contributed by atoms with Crippen molar-refractivity contribution in [2.75, 3.05) is 0 Å². The van der Waals surface area contributed by atoms with Gasteiger partial charge in [0.25, 0.3) is 0 Å². The van der Waals surface area contributed by atoms with Crippen LogP contribution in [0.25, 0.3) is 11.0 Å². The Kier molecular flexibility index (Phi) is 3.58. The van der Waals surface area contributed by atoms with E-state index in [1.807, 2.05) is 0 Å². The van der Waals surface area contributed by atoms with Crippen molar-refractivity contribution in [1.82, 2.24) is 0 Å². The predicted molar refractivity (Wildman–Crippen MR) is 81.6 cm³/mol. The molecule has 0 spiro atoms. The Morgan fingerprint density at radius 1 is 1.05 bits per heavy atom. The van der Waals surface area contributed by atoms with Crippen LogP contribution >= 0.6 is 15.9 Å². The van der Waals surface area contributed by atoms with E-state index >= 15 is 0 Å². The molecule has 4 nitrogen and oxygen atoms in total. The third-order valence-electron chi connectivity index (χ3n) is 2.89. The van der Waals surface area contributed by atoms with Crippen molar-refractivity contribution in [2.24, 2.45) is 0 Å². The first-order valence-electron chi connectivity index (χ1n) is 6.14. The van der Waals surface area contributed by atoms with E-state index in [1.54, 1.807) is 48.5 Å². The van der Waals surface area contributed by atoms with E-state index < -0.39 is 11.6 Å². The summed E-state index contributed by atoms with van der Waals surface area (Å²) in [7, 11) is 0. The normalized spacial score (nSPS) is 10.5. The highest BCUT2D eigenvalue weighted by Crippen LogP contribution is 2.18. The molecule has 3 aromatic rings. The molecule has 0 unspecified atom stereocenters. The number of hydrogen-bond acceptors (Lipinski definition) is 4. The third kappa shape index (κ3) is 2.87. The molecule has 0 bridgehead atoms. The van der Waals surface area contributed by atoms with Gasteiger partial charge in [0.05, 0.1) is 0 Å². The summed E-state index contributed by atoms with van der Waals surface area (Å²) < 4.78 is 11.1. The van der Waals surface area contributed by atoms with Gasteiger partial charge in [0.2, 0.25) is 0 Å². The highest BCUT2D eigenvalue weighted by Gasteiger charge is 2.15. The van der Waals surface area contributed by atoms with Gasteiger partial charge in [0, 0.05) is 9.86 Å². The van der Waals surface area contributed by atoms with Crippen LogP contribution in [0.3, 0.4) is 0 Å². The maximum Gasteiger partial charge on any atom is 0.351 e. The van der Waals surface area contributed by atoms with Gasteiger partial charge in [-0.1, -0.05) is 34.1 Å². The molecule has 0 aliphatic rings. The number of esters is 1. The average Bonchev–Trinajstić information content (AvgIpc) is 2.49. The largest absolute Gasteiger partial charge is 0.423 e. The van der Waals surface area contributed by atoms with Gasteiger partial charge in [-0.3, -0.25) is 0 Å². The fourth-order valence-corrected chi connectivity index (χ4v) is 2.13. The summed E-state index contributed by atoms with van der Waals surface area (Å²) in [6.45, 7) is 0. The summed E-state index contributed by atoms with van der Waals surface area (Å²) in [4.78, 5) is 23.9. The number of hydrogen-bond donors (Lipinski definition) is 0. The molecule has 0 fully saturated rings. The lowest BCUT2D eigenvalue weighted by molar-refractivity contribution is 0.0730. The fraction of sp³-hybridized carbons (Fsp3) is 0. The highest BCUT2D eigenvalue weighted by molar-refractivity contribution is 9.10. The maximum absolute atomic E-state index is 12.1. The zero-order chi connectivity index (χ0) is 14.8. The van der Waals surface area contributed by atoms with Crippen molar-refractivity contribution in [1.29, 1.82) is 0 Å². The van der Waals surface area contributed by atoms with Crippen LogP contribution in [0.5, 0.6) is 5.75 Å². The van der Waals surface area contributed by atoms with Gasteiger partial charge in [0.1, 0.15) is 16.9 Å². The van der Waals surface area contributed by atoms with Crippen LogP contribution in [0.4, 0.5) is 0 Å². The molecular formula is C16H9BrO4. The van der Waals surface area contributed by atoms with Crippen LogP contribution < -0.4 is 10.4 Å². The SMILES string of the molecule is O=C(Oc1ccc(Br)cc1)c1cc2ccccc2oc1=O. The van der Waals surface area contributed by atoms with Crippen LogP contribution in [0.15, 0.2) is 68.3 Å². The molecule has 1 heterocycles. The van der Waals surface area contributed by atoms with E-state index in [0.29, 0.717) is 16.7 Å². The Balaban J connectivity index is 1.95. The van der Waals surface area contributed by atoms with Crippen molar-refractivity contribution >= 4 is 32.9 Å². The lowest BCUT2D eigenvalue weighted by Crippen LogP contribution is -2.18. The number of fused-ring (bicyclic) bond motifs is 1. The van der Waals surface area contributed by atoms with Crippen molar-refractivity contribution in [2.45, 2.75) is 0 Å². The van der Waals surface area contributed by atoms with Gasteiger partial charge in [-0.05, 0) is 36.4 Å². The number of benzene rings is 2. The van der Waals surface area contributed by atoms with Gasteiger partial charge in [-0.25, -0.2) is 9.59 Å². The first-order valence-corrected chi connectivity index (χ1v) is 6.93. The van der Waals surface area contributed by atoms with E-state index in [9.17, 15) is 9.59 Å². The molecule has 3 rings (SSSR count). The minimum atomic E-state index is -0.739. The second kappa shape index (κ2) is 5.54. The minimum Gasteiger partial charge on any atom is -0.423 e. The van der Waals surface area contributed by atoms with Gasteiger partial charge >= 0.3 is 11.6 Å². The lowest BCUT2D eigenvalue weighted by atomic mass is 10.2. The van der Waals surface area contributed by atoms with E-state index in [1.165, 1.54) is 6.07 Å². The molecule has 0 saturated heterocycles. The molecule has 0 atom stereocenters. The van der Waals surface area contributed by atoms with Crippen molar-refractivity contribution in [3.05, 3.63) is 75.1 Å². The second-order valence-electron chi connectivity index (χ2n) is 4.33. The number of rotatable bonds is 2. The van der Waals surface area contributed by atoms with Crippen molar-refractivity contribution in [3.63, 3.8) is 0 Å². The number of halogens is 1. The zero-order valence-electron chi connectivity index (χ0n) is 10.7. The molecular weight excluding hydrogens is 336 g/mol. The van der Waals surface area contributed by atoms with E-state index in [0.717, 1.165) is 4.47 Å². The van der Waals surface area contributed by atoms with Crippen LogP contribution in [-0.2, 0) is 0 Å². The van der Waals surface area contributed by atoms with Gasteiger partial charge in [-0.15, -0.1) is 0 Å². The maximum atomic E-state index is 12.1. The fourth-order valence-electron chi connectivity index (χ4n) is 1.87. The van der Waals surface area contributed by atoms with Gasteiger partial charge < -0.3 is 9.15 Å². The summed E-state index contributed by atoms with van der Waals surface area (Å²) in [5, 5.41) is 0.667. The molecule has 0 radical (unpaired) electrons. The van der Waals surface area contributed by atoms with Crippen molar-refractivity contribution in [3.8, 4) is 5.75 Å². The number of carbonyl (C=O) groups excluding carboxylic acids is 1. The molecule has 2 aromatic carbocycles. The molecule has 0 aliphatic heterocycles. The molecule has 5 heteroatoms. The molecule has 0 aliphatic carbocycles. The molecule has 1 aromatic heterocycles. The van der Waals surface area contributed by atoms with Gasteiger partial charge in [-0.2, -0.15) is 0 Å². The van der Waals surface area contributed by atoms with Crippen LogP contribution in [0, 0.1) is 0 Å². The van der Waals surface area contributed by atoms with E-state index in [-0.39, 0.29) is 5.56 Å². The van der Waals surface area contributed by atoms with E-state index in [2.05, 4.69) is 15.9 Å². The molecule has 0 amide bonds. The summed E-state index contributed by atoms with van der Waals surface area (Å²) in [5.74, 6) is -0.382. The lowest BCUT2D eigenvalue weighted by Gasteiger charge is -2.04. The topological polar surface area (TPSA) is 56.5 Å². The smallest absolute Gasteiger partial charge is 0.351 e. The van der Waals surface area contributed by atoms with Gasteiger partial charge in [0.15, 0.2) is 0 Å². The third-order valence-corrected chi connectivity index (χ3v) is 3.41. The monoisotopic (exact) mass is 344 g/mol. The van der Waals surface area contributed by atoms with Crippen LogP contribution in [0.2, 0.25) is 0 Å². The Morgan fingerprint density at radius 2 is 1.76 bits per heavy atom. The zero-order valence-corrected chi connectivity index (χ0v) is 12.3. The first kappa shape index (κ1) is 13.6. The average molecular weight is 345 g/mol. The standard InChI is InChI=1S/C16H9BrO4/c17-11-5-7-12(8-6-11)20-15(18)13-9-10-3-1-2-4-14(10)21-16(13)19/h1-9H. The molecule has 21 heavy (non-hydrogen) atoms.